The number of esters is 1. The fourth-order valence-corrected chi connectivity index (χ4v) is 4.92. The molecule has 2 aliphatic rings. The zero-order chi connectivity index (χ0) is 21.6. The Balaban J connectivity index is 1.85. The predicted molar refractivity (Wildman–Crippen MR) is 106 cm³/mol. The van der Waals surface area contributed by atoms with Gasteiger partial charge in [-0.05, 0) is 18.2 Å². The lowest BCUT2D eigenvalue weighted by Crippen LogP contribution is -2.46. The van der Waals surface area contributed by atoms with Crippen LogP contribution in [0.5, 0.6) is 0 Å². The topological polar surface area (TPSA) is 88.8 Å². The normalized spacial score (nSPS) is 24.5. The summed E-state index contributed by atoms with van der Waals surface area (Å²) in [5, 5.41) is 10.0. The molecule has 0 unspecified atom stereocenters. The number of aromatic nitrogens is 1. The molecule has 7 nitrogen and oxygen atoms in total. The van der Waals surface area contributed by atoms with E-state index in [9.17, 15) is 23.9 Å². The standard InChI is InChI=1S/C22H23FN2O5/c1-3-18(27)25-19-14(15(11-26)20(25)22(29)30-2)10-24-17(19)9-8-13(21(24)28)12-6-4-5-7-16(12)23/h4-9,14-15,19-20,26H,3,10-11H2,1-2H3/t14-,15-,19+,20-/m0/s1. The number of hydrogen-bond donors (Lipinski definition) is 1. The molecule has 158 valence electrons. The van der Waals surface area contributed by atoms with Crippen molar-refractivity contribution in [2.45, 2.75) is 32.0 Å². The fraction of sp³-hybridized carbons (Fsp3) is 0.409. The summed E-state index contributed by atoms with van der Waals surface area (Å²) in [7, 11) is 1.25. The fourth-order valence-electron chi connectivity index (χ4n) is 4.92. The molecule has 1 amide bonds. The summed E-state index contributed by atoms with van der Waals surface area (Å²) in [4.78, 5) is 39.9. The van der Waals surface area contributed by atoms with Crippen molar-refractivity contribution in [2.24, 2.45) is 11.8 Å². The number of carbonyl (C=O) groups excluding carboxylic acids is 2. The summed E-state index contributed by atoms with van der Waals surface area (Å²) < 4.78 is 20.7. The summed E-state index contributed by atoms with van der Waals surface area (Å²) in [6, 6.07) is 7.90. The number of carbonyl (C=O) groups is 2. The number of aliphatic hydroxyl groups is 1. The first-order valence-corrected chi connectivity index (χ1v) is 9.93. The summed E-state index contributed by atoms with van der Waals surface area (Å²) >= 11 is 0. The second kappa shape index (κ2) is 7.68. The van der Waals surface area contributed by atoms with Crippen molar-refractivity contribution in [3.05, 3.63) is 58.3 Å². The first kappa shape index (κ1) is 20.3. The Morgan fingerprint density at radius 1 is 1.20 bits per heavy atom. The van der Waals surface area contributed by atoms with Crippen LogP contribution < -0.4 is 5.56 Å². The average molecular weight is 414 g/mol. The highest BCUT2D eigenvalue weighted by molar-refractivity contribution is 5.86. The Hall–Kier alpha value is -3.00. The summed E-state index contributed by atoms with van der Waals surface area (Å²) in [6.07, 6.45) is 0.173. The van der Waals surface area contributed by atoms with E-state index in [1.165, 1.54) is 22.6 Å². The van der Waals surface area contributed by atoms with Gasteiger partial charge in [-0.15, -0.1) is 0 Å². The minimum atomic E-state index is -0.905. The van der Waals surface area contributed by atoms with Gasteiger partial charge in [0, 0.05) is 42.7 Å². The third-order valence-corrected chi connectivity index (χ3v) is 6.27. The molecule has 0 saturated carbocycles. The molecule has 1 aromatic carbocycles. The van der Waals surface area contributed by atoms with E-state index < -0.39 is 29.8 Å². The van der Waals surface area contributed by atoms with Crippen molar-refractivity contribution in [3.63, 3.8) is 0 Å². The molecule has 1 N–H and O–H groups in total. The van der Waals surface area contributed by atoms with Crippen molar-refractivity contribution in [3.8, 4) is 11.1 Å². The van der Waals surface area contributed by atoms with Crippen molar-refractivity contribution >= 4 is 11.9 Å². The minimum absolute atomic E-state index is 0.173. The number of rotatable bonds is 4. The molecule has 8 heteroatoms. The Kier molecular flexibility index (Phi) is 5.19. The highest BCUT2D eigenvalue weighted by atomic mass is 19.1. The quantitative estimate of drug-likeness (QED) is 0.770. The number of nitrogens with zero attached hydrogens (tertiary/aromatic N) is 2. The summed E-state index contributed by atoms with van der Waals surface area (Å²) in [6.45, 7) is 1.60. The number of fused-ring (bicyclic) bond motifs is 3. The van der Waals surface area contributed by atoms with Crippen LogP contribution in [-0.4, -0.2) is 46.2 Å². The molecule has 0 bridgehead atoms. The van der Waals surface area contributed by atoms with Gasteiger partial charge in [-0.2, -0.15) is 0 Å². The number of amides is 1. The monoisotopic (exact) mass is 414 g/mol. The highest BCUT2D eigenvalue weighted by Gasteiger charge is 2.57. The van der Waals surface area contributed by atoms with Gasteiger partial charge in [0.25, 0.3) is 5.56 Å². The number of aliphatic hydroxyl groups excluding tert-OH is 1. The van der Waals surface area contributed by atoms with Crippen molar-refractivity contribution in [2.75, 3.05) is 13.7 Å². The molecule has 3 heterocycles. The van der Waals surface area contributed by atoms with Crippen molar-refractivity contribution in [1.82, 2.24) is 9.47 Å². The minimum Gasteiger partial charge on any atom is -0.467 e. The van der Waals surface area contributed by atoms with Gasteiger partial charge in [-0.25, -0.2) is 9.18 Å². The third-order valence-electron chi connectivity index (χ3n) is 6.27. The zero-order valence-electron chi connectivity index (χ0n) is 16.7. The molecule has 4 rings (SSSR count). The molecule has 0 spiro atoms. The maximum absolute atomic E-state index is 14.3. The number of likely N-dealkylation sites (tertiary alicyclic amines) is 1. The smallest absolute Gasteiger partial charge is 0.328 e. The highest BCUT2D eigenvalue weighted by Crippen LogP contribution is 2.49. The van der Waals surface area contributed by atoms with E-state index in [1.807, 2.05) is 0 Å². The Morgan fingerprint density at radius 2 is 1.93 bits per heavy atom. The number of ether oxygens (including phenoxy) is 1. The molecular formula is C22H23FN2O5. The van der Waals surface area contributed by atoms with Gasteiger partial charge < -0.3 is 19.3 Å². The Morgan fingerprint density at radius 3 is 2.57 bits per heavy atom. The number of halogens is 1. The van der Waals surface area contributed by atoms with Crippen LogP contribution in [0.2, 0.25) is 0 Å². The third kappa shape index (κ3) is 2.86. The SMILES string of the molecule is CCC(=O)N1[C@H](C(=O)OC)[C@@H](CO)[C@@H]2Cn3c(ccc(-c4ccccc4F)c3=O)[C@@H]21. The van der Waals surface area contributed by atoms with Gasteiger partial charge in [-0.1, -0.05) is 25.1 Å². The lowest BCUT2D eigenvalue weighted by molar-refractivity contribution is -0.154. The second-order valence-electron chi connectivity index (χ2n) is 7.65. The number of methoxy groups -OCH3 is 1. The molecule has 1 aromatic heterocycles. The van der Waals surface area contributed by atoms with Crippen LogP contribution in [0.1, 0.15) is 25.1 Å². The molecule has 1 saturated heterocycles. The maximum Gasteiger partial charge on any atom is 0.328 e. The maximum atomic E-state index is 14.3. The number of benzene rings is 1. The van der Waals surface area contributed by atoms with E-state index >= 15 is 0 Å². The van der Waals surface area contributed by atoms with E-state index in [0.29, 0.717) is 5.69 Å². The largest absolute Gasteiger partial charge is 0.467 e. The van der Waals surface area contributed by atoms with E-state index in [2.05, 4.69) is 0 Å². The van der Waals surface area contributed by atoms with Crippen LogP contribution in [0.4, 0.5) is 4.39 Å². The predicted octanol–water partition coefficient (Wildman–Crippen LogP) is 1.73. The van der Waals surface area contributed by atoms with Crippen LogP contribution >= 0.6 is 0 Å². The van der Waals surface area contributed by atoms with Crippen LogP contribution in [0.25, 0.3) is 11.1 Å². The van der Waals surface area contributed by atoms with Gasteiger partial charge in [-0.3, -0.25) is 9.59 Å². The van der Waals surface area contributed by atoms with E-state index in [1.54, 1.807) is 37.3 Å². The summed E-state index contributed by atoms with van der Waals surface area (Å²) in [5.74, 6) is -2.21. The van der Waals surface area contributed by atoms with Gasteiger partial charge in [0.15, 0.2) is 0 Å². The number of pyridine rings is 1. The van der Waals surface area contributed by atoms with E-state index in [0.717, 1.165) is 0 Å². The molecule has 2 aliphatic heterocycles. The average Bonchev–Trinajstić information content (AvgIpc) is 3.28. The lowest BCUT2D eigenvalue weighted by atomic mass is 9.88. The van der Waals surface area contributed by atoms with Gasteiger partial charge in [0.1, 0.15) is 11.9 Å². The molecule has 0 aliphatic carbocycles. The van der Waals surface area contributed by atoms with Gasteiger partial charge >= 0.3 is 5.97 Å². The van der Waals surface area contributed by atoms with Gasteiger partial charge in [0.2, 0.25) is 5.91 Å². The van der Waals surface area contributed by atoms with Crippen LogP contribution in [0, 0.1) is 17.7 Å². The van der Waals surface area contributed by atoms with Crippen molar-refractivity contribution < 1.29 is 23.8 Å². The first-order valence-electron chi connectivity index (χ1n) is 9.93. The molecule has 0 radical (unpaired) electrons. The lowest BCUT2D eigenvalue weighted by Gasteiger charge is -2.29. The zero-order valence-corrected chi connectivity index (χ0v) is 16.7. The van der Waals surface area contributed by atoms with Crippen LogP contribution in [0.15, 0.2) is 41.2 Å². The molecule has 30 heavy (non-hydrogen) atoms. The molecular weight excluding hydrogens is 391 g/mol. The van der Waals surface area contributed by atoms with E-state index in [4.69, 9.17) is 4.74 Å². The Bertz CT molecular complexity index is 1070. The van der Waals surface area contributed by atoms with E-state index in [-0.39, 0.29) is 48.1 Å². The van der Waals surface area contributed by atoms with Crippen molar-refractivity contribution in [1.29, 1.82) is 0 Å². The second-order valence-corrected chi connectivity index (χ2v) is 7.65. The molecule has 1 fully saturated rings. The summed E-state index contributed by atoms with van der Waals surface area (Å²) in [5.41, 5.74) is 0.664. The molecule has 2 aromatic rings. The van der Waals surface area contributed by atoms with Gasteiger partial charge in [0.05, 0.1) is 18.7 Å². The van der Waals surface area contributed by atoms with Crippen LogP contribution in [0.3, 0.4) is 0 Å². The Labute approximate surface area is 172 Å². The molecule has 4 atom stereocenters. The van der Waals surface area contributed by atoms with Crippen LogP contribution in [-0.2, 0) is 20.9 Å². The number of hydrogen-bond acceptors (Lipinski definition) is 5. The first-order chi connectivity index (χ1) is 14.4.